The molecule has 0 spiro atoms. The minimum atomic E-state index is -0.987. The van der Waals surface area contributed by atoms with Crippen molar-refractivity contribution < 1.29 is 34.5 Å². The Labute approximate surface area is 453 Å². The van der Waals surface area contributed by atoms with Gasteiger partial charge in [-0.1, -0.05) is 133 Å². The number of rotatable bonds is 20. The maximum absolute atomic E-state index is 13.0. The summed E-state index contributed by atoms with van der Waals surface area (Å²) in [5.41, 5.74) is 6.60. The maximum atomic E-state index is 13.0. The third-order valence-electron chi connectivity index (χ3n) is 12.7. The molecule has 1 aliphatic rings. The highest BCUT2D eigenvalue weighted by Crippen LogP contribution is 2.39. The second-order valence-corrected chi connectivity index (χ2v) is 20.9. The molecule has 4 N–H and O–H groups in total. The van der Waals surface area contributed by atoms with Crippen LogP contribution in [0, 0.1) is 0 Å². The van der Waals surface area contributed by atoms with Gasteiger partial charge in [-0.25, -0.2) is 9.78 Å². The number of aliphatic carboxylic acids is 2. The van der Waals surface area contributed by atoms with E-state index in [9.17, 15) is 29.1 Å². The van der Waals surface area contributed by atoms with Gasteiger partial charge in [0.05, 0.1) is 22.3 Å². The molecule has 1 aliphatic carbocycles. The van der Waals surface area contributed by atoms with E-state index in [0.717, 1.165) is 63.9 Å². The van der Waals surface area contributed by atoms with Crippen molar-refractivity contribution >= 4 is 103 Å². The standard InChI is InChI=1S/C22H28O2S2.C20H15NO4.C19H12ClN3O2/c23-22(24)14-8-7-13-21(26-18-20-11-5-2-6-12-20)15-16-25-17-19-9-3-1-4-10-19;22-16(23)10-5-11-21-18-13-7-2-3-8-14(13)19(24)17(18)12-6-1-4-9-15(12)20(21)25;20-12-2-1-3-13(9-12)22-18-15-6-7-21-10-16(15)14-5-4-11(19(24)25)8-17(14)23-18/h1-6,9-12,21H,7-8,13-18H2,(H,23,24);1-4,6-9H,5,10-11H2,(H,22,23);1-10H,(H,22,23)(H,24,25). The number of carbonyl (C=O) groups excluding carboxylic acids is 1. The first-order valence-corrected chi connectivity index (χ1v) is 27.5. The highest BCUT2D eigenvalue weighted by atomic mass is 35.5. The first-order valence-electron chi connectivity index (χ1n) is 24.9. The summed E-state index contributed by atoms with van der Waals surface area (Å²) in [4.78, 5) is 67.5. The van der Waals surface area contributed by atoms with Gasteiger partial charge in [0.25, 0.3) is 5.56 Å². The molecule has 0 saturated carbocycles. The van der Waals surface area contributed by atoms with Crippen LogP contribution in [0.2, 0.25) is 5.02 Å². The highest BCUT2D eigenvalue weighted by molar-refractivity contribution is 7.99. The molecule has 0 saturated heterocycles. The molecule has 3 heterocycles. The Balaban J connectivity index is 0.000000151. The number of carboxylic acids is 3. The number of anilines is 2. The van der Waals surface area contributed by atoms with E-state index in [1.807, 2.05) is 59.9 Å². The monoisotopic (exact) mass is 1070 g/mol. The number of hydrogen-bond donors (Lipinski definition) is 4. The summed E-state index contributed by atoms with van der Waals surface area (Å²) in [6.45, 7) is 0.264. The molecule has 1 unspecified atom stereocenters. The number of thioether (sulfide) groups is 2. The van der Waals surface area contributed by atoms with Gasteiger partial charge in [0, 0.05) is 97.3 Å². The van der Waals surface area contributed by atoms with Crippen molar-refractivity contribution in [2.24, 2.45) is 0 Å². The number of hydrogen-bond acceptors (Lipinski definition) is 10. The fourth-order valence-corrected chi connectivity index (χ4v) is 11.6. The van der Waals surface area contributed by atoms with Crippen LogP contribution < -0.4 is 10.9 Å². The molecule has 0 amide bonds. The predicted octanol–water partition coefficient (Wildman–Crippen LogP) is 14.2. The summed E-state index contributed by atoms with van der Waals surface area (Å²) in [5, 5.41) is 35.2. The number of benzene rings is 6. The average molecular weight is 1070 g/mol. The van der Waals surface area contributed by atoms with Crippen LogP contribution in [-0.2, 0) is 27.6 Å². The van der Waals surface area contributed by atoms with E-state index in [4.69, 9.17) is 21.8 Å². The molecule has 12 nitrogen and oxygen atoms in total. The molecule has 10 rings (SSSR count). The van der Waals surface area contributed by atoms with Gasteiger partial charge in [-0.05, 0) is 85.0 Å². The Kier molecular flexibility index (Phi) is 19.1. The third-order valence-corrected chi connectivity index (χ3v) is 15.5. The van der Waals surface area contributed by atoms with Crippen LogP contribution in [0.4, 0.5) is 11.5 Å². The van der Waals surface area contributed by atoms with Crippen LogP contribution >= 0.6 is 35.1 Å². The molecule has 3 aromatic heterocycles. The number of fused-ring (bicyclic) bond motifs is 8. The fourth-order valence-electron chi connectivity index (χ4n) is 9.04. The normalized spacial score (nSPS) is 11.7. The summed E-state index contributed by atoms with van der Waals surface area (Å²) in [6.07, 6.45) is 8.13. The Morgan fingerprint density at radius 3 is 2.01 bits per heavy atom. The van der Waals surface area contributed by atoms with Gasteiger partial charge in [-0.3, -0.25) is 24.2 Å². The summed E-state index contributed by atoms with van der Waals surface area (Å²) in [6, 6.07) is 49.6. The van der Waals surface area contributed by atoms with E-state index < -0.39 is 17.9 Å². The molecule has 15 heteroatoms. The van der Waals surface area contributed by atoms with Crippen molar-refractivity contribution in [2.75, 3.05) is 11.1 Å². The number of carboxylic acid groups (broad SMARTS) is 3. The second kappa shape index (κ2) is 26.6. The van der Waals surface area contributed by atoms with Crippen LogP contribution in [0.5, 0.6) is 0 Å². The molecular weight excluding hydrogens is 1020 g/mol. The molecule has 1 atom stereocenters. The number of aromatic carboxylic acids is 1. The minimum absolute atomic E-state index is 0.0242. The zero-order chi connectivity index (χ0) is 53.4. The second-order valence-electron chi connectivity index (χ2n) is 18.0. The van der Waals surface area contributed by atoms with Crippen molar-refractivity contribution in [1.82, 2.24) is 14.5 Å². The van der Waals surface area contributed by atoms with E-state index in [1.165, 1.54) is 17.5 Å². The lowest BCUT2D eigenvalue weighted by molar-refractivity contribution is -0.138. The molecule has 386 valence electrons. The molecular formula is C61H55ClN4O8S2. The number of nitrogens with zero attached hydrogens (tertiary/aromatic N) is 3. The Morgan fingerprint density at radius 2 is 1.30 bits per heavy atom. The zero-order valence-electron chi connectivity index (χ0n) is 41.4. The molecule has 0 aliphatic heterocycles. The number of carbonyl (C=O) groups is 4. The van der Waals surface area contributed by atoms with Crippen molar-refractivity contribution in [3.63, 3.8) is 0 Å². The minimum Gasteiger partial charge on any atom is -0.481 e. The average Bonchev–Trinajstić information content (AvgIpc) is 3.87. The van der Waals surface area contributed by atoms with Crippen LogP contribution in [0.1, 0.15) is 82.4 Å². The van der Waals surface area contributed by atoms with E-state index in [2.05, 4.69) is 75.9 Å². The SMILES string of the molecule is O=C(O)CCCCC(CCSCc1ccccc1)SCc1ccccc1.O=C(O)CCCn1c2c(c3ccccc3c1=O)C(=O)c1ccccc1-2.O=C(O)c1ccc2c(c1)nc(Nc1cccc(Cl)c1)c1ccncc12. The molecule has 0 radical (unpaired) electrons. The quantitative estimate of drug-likeness (QED) is 0.0417. The smallest absolute Gasteiger partial charge is 0.335 e. The first-order chi connectivity index (χ1) is 36.9. The maximum Gasteiger partial charge on any atom is 0.335 e. The van der Waals surface area contributed by atoms with E-state index >= 15 is 0 Å². The summed E-state index contributed by atoms with van der Waals surface area (Å²) in [7, 11) is 0. The van der Waals surface area contributed by atoms with E-state index in [1.54, 1.807) is 77.6 Å². The van der Waals surface area contributed by atoms with Crippen molar-refractivity contribution in [3.8, 4) is 11.3 Å². The van der Waals surface area contributed by atoms with Gasteiger partial charge in [-0.15, -0.1) is 0 Å². The summed E-state index contributed by atoms with van der Waals surface area (Å²) >= 11 is 10.1. The summed E-state index contributed by atoms with van der Waals surface area (Å²) in [5.74, 6) is 1.21. The van der Waals surface area contributed by atoms with Crippen LogP contribution in [0.25, 0.3) is 43.7 Å². The van der Waals surface area contributed by atoms with Gasteiger partial charge in [-0.2, -0.15) is 23.5 Å². The first kappa shape index (κ1) is 54.5. The van der Waals surface area contributed by atoms with Crippen molar-refractivity contribution in [2.45, 2.75) is 68.2 Å². The van der Waals surface area contributed by atoms with Crippen LogP contribution in [0.3, 0.4) is 0 Å². The van der Waals surface area contributed by atoms with Crippen molar-refractivity contribution in [3.05, 3.63) is 213 Å². The highest BCUT2D eigenvalue weighted by Gasteiger charge is 2.32. The van der Waals surface area contributed by atoms with Gasteiger partial charge in [0.1, 0.15) is 5.82 Å². The molecule has 0 fully saturated rings. The van der Waals surface area contributed by atoms with Crippen LogP contribution in [0.15, 0.2) is 175 Å². The lowest BCUT2D eigenvalue weighted by Gasteiger charge is -2.16. The number of unbranched alkanes of at least 4 members (excludes halogenated alkanes) is 1. The Bertz CT molecular complexity index is 3580. The topological polar surface area (TPSA) is 189 Å². The fraction of sp³-hybridized carbons (Fsp3) is 0.197. The van der Waals surface area contributed by atoms with Gasteiger partial charge >= 0.3 is 17.9 Å². The third kappa shape index (κ3) is 14.1. The number of aromatic nitrogens is 3. The Morgan fingerprint density at radius 1 is 0.632 bits per heavy atom. The molecule has 6 aromatic carbocycles. The summed E-state index contributed by atoms with van der Waals surface area (Å²) < 4.78 is 1.56. The lowest BCUT2D eigenvalue weighted by Crippen LogP contribution is -2.23. The number of pyridine rings is 3. The van der Waals surface area contributed by atoms with Gasteiger partial charge < -0.3 is 25.2 Å². The largest absolute Gasteiger partial charge is 0.481 e. The number of halogens is 1. The van der Waals surface area contributed by atoms with Gasteiger partial charge in [0.2, 0.25) is 0 Å². The molecule has 9 aromatic rings. The Hall–Kier alpha value is -7.78. The number of ketones is 1. The molecule has 76 heavy (non-hydrogen) atoms. The predicted molar refractivity (Wildman–Crippen MR) is 308 cm³/mol. The van der Waals surface area contributed by atoms with Gasteiger partial charge in [0.15, 0.2) is 5.78 Å². The van der Waals surface area contributed by atoms with E-state index in [0.29, 0.717) is 62.0 Å². The van der Waals surface area contributed by atoms with Crippen LogP contribution in [-0.4, -0.2) is 64.5 Å². The van der Waals surface area contributed by atoms with Crippen molar-refractivity contribution in [1.29, 1.82) is 0 Å². The number of nitrogens with one attached hydrogen (secondary N) is 1. The van der Waals surface area contributed by atoms with E-state index in [-0.39, 0.29) is 29.9 Å². The molecule has 0 bridgehead atoms. The zero-order valence-corrected chi connectivity index (χ0v) is 43.8. The lowest BCUT2D eigenvalue weighted by atomic mass is 10.0.